The van der Waals surface area contributed by atoms with Crippen LogP contribution in [0.3, 0.4) is 0 Å². The van der Waals surface area contributed by atoms with E-state index in [1.807, 2.05) is 36.4 Å². The van der Waals surface area contributed by atoms with Gasteiger partial charge < -0.3 is 5.32 Å². The van der Waals surface area contributed by atoms with E-state index >= 15 is 0 Å². The quantitative estimate of drug-likeness (QED) is 0.666. The fourth-order valence-corrected chi connectivity index (χ4v) is 4.62. The Morgan fingerprint density at radius 1 is 0.800 bits per heavy atom. The van der Waals surface area contributed by atoms with Crippen molar-refractivity contribution in [3.63, 3.8) is 0 Å². The number of fused-ring (bicyclic) bond motifs is 1. The summed E-state index contributed by atoms with van der Waals surface area (Å²) >= 11 is 0. The van der Waals surface area contributed by atoms with Crippen molar-refractivity contribution in [3.05, 3.63) is 54.6 Å². The number of carbonyl (C=O) groups is 2. The molecule has 1 aliphatic carbocycles. The van der Waals surface area contributed by atoms with Crippen LogP contribution in [-0.4, -0.2) is 38.8 Å². The molecule has 0 unspecified atom stereocenters. The maximum absolute atomic E-state index is 12.0. The highest BCUT2D eigenvalue weighted by Crippen LogP contribution is 2.30. The molecule has 2 heterocycles. The first-order valence-electron chi connectivity index (χ1n) is 10.6. The van der Waals surface area contributed by atoms with E-state index in [2.05, 4.69) is 23.5 Å². The minimum absolute atomic E-state index is 0.0122. The lowest BCUT2D eigenvalue weighted by atomic mass is 9.90. The highest BCUT2D eigenvalue weighted by molar-refractivity contribution is 6.02. The number of aromatic nitrogens is 2. The molecule has 1 aromatic heterocycles. The van der Waals surface area contributed by atoms with Gasteiger partial charge in [0.2, 0.25) is 17.8 Å². The summed E-state index contributed by atoms with van der Waals surface area (Å²) in [5.41, 5.74) is 2.90. The highest BCUT2D eigenvalue weighted by atomic mass is 16.2. The molecule has 2 aromatic carbocycles. The van der Waals surface area contributed by atoms with E-state index in [9.17, 15) is 9.59 Å². The largest absolute Gasteiger partial charge is 0.351 e. The molecule has 6 heteroatoms. The molecule has 3 aromatic rings. The number of benzene rings is 2. The van der Waals surface area contributed by atoms with Gasteiger partial charge in [-0.25, -0.2) is 9.97 Å². The second-order valence-corrected chi connectivity index (χ2v) is 8.09. The second kappa shape index (κ2) is 7.86. The lowest BCUT2D eigenvalue weighted by molar-refractivity contribution is -0.141. The summed E-state index contributed by atoms with van der Waals surface area (Å²) in [6.45, 7) is 0. The Bertz CT molecular complexity index is 1070. The average molecular weight is 400 g/mol. The van der Waals surface area contributed by atoms with Crippen LogP contribution in [0.25, 0.3) is 22.2 Å². The number of carbonyl (C=O) groups excluding carboxylic acids is 2. The van der Waals surface area contributed by atoms with Crippen LogP contribution in [0.2, 0.25) is 0 Å². The molecule has 2 amide bonds. The minimum Gasteiger partial charge on any atom is -0.351 e. The zero-order chi connectivity index (χ0) is 20.5. The minimum atomic E-state index is -0.0122. The number of para-hydroxylation sites is 1. The molecular weight excluding hydrogens is 376 g/mol. The van der Waals surface area contributed by atoms with Crippen LogP contribution in [0.1, 0.15) is 38.5 Å². The molecule has 1 aliphatic heterocycles. The molecule has 0 spiro atoms. The Hall–Kier alpha value is -3.28. The summed E-state index contributed by atoms with van der Waals surface area (Å²) < 4.78 is 0. The lowest BCUT2D eigenvalue weighted by Crippen LogP contribution is -2.43. The van der Waals surface area contributed by atoms with E-state index in [1.165, 1.54) is 4.90 Å². The number of hydrogen-bond acceptors (Lipinski definition) is 5. The van der Waals surface area contributed by atoms with Crippen LogP contribution in [0, 0.1) is 0 Å². The highest BCUT2D eigenvalue weighted by Gasteiger charge is 2.36. The Kier molecular flexibility index (Phi) is 4.91. The molecule has 5 rings (SSSR count). The standard InChI is InChI=1S/C24H24N4O2/c29-21-14-15-22(30)28(21)18-12-10-17(11-13-18)25-24-26-20-9-5-4-8-19(20)23(27-24)16-6-2-1-3-7-16/h1-9,17-18H,10-15H2,(H,25,26,27). The van der Waals surface area contributed by atoms with Crippen molar-refractivity contribution < 1.29 is 9.59 Å². The number of anilines is 1. The summed E-state index contributed by atoms with van der Waals surface area (Å²) in [7, 11) is 0. The van der Waals surface area contributed by atoms with Gasteiger partial charge in [0, 0.05) is 35.9 Å². The van der Waals surface area contributed by atoms with Gasteiger partial charge >= 0.3 is 0 Å². The predicted octanol–water partition coefficient (Wildman–Crippen LogP) is 4.17. The number of amides is 2. The molecule has 1 saturated carbocycles. The van der Waals surface area contributed by atoms with Crippen LogP contribution in [-0.2, 0) is 9.59 Å². The Morgan fingerprint density at radius 3 is 2.20 bits per heavy atom. The Labute approximate surface area is 175 Å². The van der Waals surface area contributed by atoms with E-state index in [0.29, 0.717) is 18.8 Å². The molecule has 2 aliphatic rings. The Morgan fingerprint density at radius 2 is 1.47 bits per heavy atom. The van der Waals surface area contributed by atoms with Crippen molar-refractivity contribution in [1.29, 1.82) is 0 Å². The van der Waals surface area contributed by atoms with Gasteiger partial charge in [0.15, 0.2) is 0 Å². The second-order valence-electron chi connectivity index (χ2n) is 8.09. The molecule has 152 valence electrons. The third kappa shape index (κ3) is 3.54. The molecule has 0 atom stereocenters. The predicted molar refractivity (Wildman–Crippen MR) is 116 cm³/mol. The zero-order valence-electron chi connectivity index (χ0n) is 16.8. The van der Waals surface area contributed by atoms with E-state index in [-0.39, 0.29) is 23.9 Å². The number of imide groups is 1. The summed E-state index contributed by atoms with van der Waals surface area (Å²) in [4.78, 5) is 35.1. The van der Waals surface area contributed by atoms with E-state index in [0.717, 1.165) is 47.8 Å². The molecule has 30 heavy (non-hydrogen) atoms. The first-order valence-corrected chi connectivity index (χ1v) is 10.6. The molecule has 6 nitrogen and oxygen atoms in total. The van der Waals surface area contributed by atoms with Crippen molar-refractivity contribution in [2.45, 2.75) is 50.6 Å². The van der Waals surface area contributed by atoms with Crippen molar-refractivity contribution in [1.82, 2.24) is 14.9 Å². The fourth-order valence-electron chi connectivity index (χ4n) is 4.62. The van der Waals surface area contributed by atoms with E-state index in [1.54, 1.807) is 0 Å². The third-order valence-corrected chi connectivity index (χ3v) is 6.14. The average Bonchev–Trinajstić information content (AvgIpc) is 3.12. The number of nitrogens with one attached hydrogen (secondary N) is 1. The van der Waals surface area contributed by atoms with Crippen molar-refractivity contribution in [3.8, 4) is 11.3 Å². The van der Waals surface area contributed by atoms with E-state index < -0.39 is 0 Å². The smallest absolute Gasteiger partial charge is 0.229 e. The van der Waals surface area contributed by atoms with Gasteiger partial charge in [0.05, 0.1) is 11.2 Å². The van der Waals surface area contributed by atoms with Crippen molar-refractivity contribution in [2.24, 2.45) is 0 Å². The van der Waals surface area contributed by atoms with Gasteiger partial charge in [-0.1, -0.05) is 48.5 Å². The SMILES string of the molecule is O=C1CCC(=O)N1C1CCC(Nc2nc(-c3ccccc3)c3ccccc3n2)CC1. The van der Waals surface area contributed by atoms with Crippen molar-refractivity contribution in [2.75, 3.05) is 5.32 Å². The zero-order valence-corrected chi connectivity index (χ0v) is 16.8. The van der Waals surface area contributed by atoms with Gasteiger partial charge in [-0.05, 0) is 31.7 Å². The van der Waals surface area contributed by atoms with Gasteiger partial charge in [-0.3, -0.25) is 14.5 Å². The van der Waals surface area contributed by atoms with Crippen LogP contribution >= 0.6 is 0 Å². The monoisotopic (exact) mass is 400 g/mol. The first kappa shape index (κ1) is 18.7. The van der Waals surface area contributed by atoms with E-state index in [4.69, 9.17) is 9.97 Å². The van der Waals surface area contributed by atoms with Gasteiger partial charge in [0.25, 0.3) is 0 Å². The number of nitrogens with zero attached hydrogens (tertiary/aromatic N) is 3. The van der Waals surface area contributed by atoms with Crippen molar-refractivity contribution >= 4 is 28.7 Å². The molecule has 1 N–H and O–H groups in total. The summed E-state index contributed by atoms with van der Waals surface area (Å²) in [5.74, 6) is 0.605. The topological polar surface area (TPSA) is 75.2 Å². The van der Waals surface area contributed by atoms with Crippen LogP contribution < -0.4 is 5.32 Å². The number of hydrogen-bond donors (Lipinski definition) is 1. The maximum atomic E-state index is 12.0. The lowest BCUT2D eigenvalue weighted by Gasteiger charge is -2.33. The number of rotatable bonds is 4. The van der Waals surface area contributed by atoms with Gasteiger partial charge in [-0.2, -0.15) is 0 Å². The van der Waals surface area contributed by atoms with Gasteiger partial charge in [-0.15, -0.1) is 0 Å². The van der Waals surface area contributed by atoms with Gasteiger partial charge in [0.1, 0.15) is 0 Å². The Balaban J connectivity index is 1.35. The first-order chi connectivity index (χ1) is 14.7. The molecule has 2 fully saturated rings. The number of likely N-dealkylation sites (tertiary alicyclic amines) is 1. The third-order valence-electron chi connectivity index (χ3n) is 6.14. The maximum Gasteiger partial charge on any atom is 0.229 e. The molecule has 1 saturated heterocycles. The van der Waals surface area contributed by atoms with Crippen LogP contribution in [0.15, 0.2) is 54.6 Å². The molecular formula is C24H24N4O2. The molecule has 0 radical (unpaired) electrons. The molecule has 0 bridgehead atoms. The summed E-state index contributed by atoms with van der Waals surface area (Å²) in [6.07, 6.45) is 4.16. The summed E-state index contributed by atoms with van der Waals surface area (Å²) in [6, 6.07) is 18.5. The normalized spacial score (nSPS) is 21.9. The fraction of sp³-hybridized carbons (Fsp3) is 0.333. The van der Waals surface area contributed by atoms with Crippen LogP contribution in [0.5, 0.6) is 0 Å². The summed E-state index contributed by atoms with van der Waals surface area (Å²) in [5, 5.41) is 4.54. The van der Waals surface area contributed by atoms with Crippen LogP contribution in [0.4, 0.5) is 5.95 Å².